The molecular weight excluding hydrogens is 144 g/mol. The largest absolute Gasteiger partial charge is 0.287 e. The van der Waals surface area contributed by atoms with Crippen molar-refractivity contribution in [2.75, 3.05) is 5.75 Å². The minimum Gasteiger partial charge on any atom is -0.287 e. The molecule has 1 fully saturated rings. The molecule has 1 saturated heterocycles. The Balaban J connectivity index is 2.46. The van der Waals surface area contributed by atoms with Crippen molar-refractivity contribution in [3.63, 3.8) is 0 Å². The minimum atomic E-state index is 0.370. The van der Waals surface area contributed by atoms with Gasteiger partial charge in [-0.05, 0) is 12.3 Å². The van der Waals surface area contributed by atoms with E-state index in [4.69, 9.17) is 0 Å². The monoisotopic (exact) mass is 158 g/mol. The Morgan fingerprint density at radius 1 is 1.80 bits per heavy atom. The van der Waals surface area contributed by atoms with Crippen LogP contribution in [0.2, 0.25) is 0 Å². The molecule has 1 unspecified atom stereocenters. The quantitative estimate of drug-likeness (QED) is 0.613. The summed E-state index contributed by atoms with van der Waals surface area (Å²) in [6, 6.07) is 0. The van der Waals surface area contributed by atoms with Gasteiger partial charge in [-0.25, -0.2) is 0 Å². The molecule has 1 rings (SSSR count). The van der Waals surface area contributed by atoms with E-state index in [0.717, 1.165) is 18.6 Å². The highest BCUT2D eigenvalue weighted by Gasteiger charge is 2.28. The van der Waals surface area contributed by atoms with Gasteiger partial charge in [-0.1, -0.05) is 32.0 Å². The molecular formula is C8H14OS. The van der Waals surface area contributed by atoms with Gasteiger partial charge in [-0.2, -0.15) is 0 Å². The van der Waals surface area contributed by atoms with Crippen LogP contribution in [0.1, 0.15) is 26.7 Å². The molecule has 1 heterocycles. The molecule has 58 valence electrons. The standard InChI is InChI=1S/C8H14OS/c1-3-6(2)7-4-5-10-8(7)9/h6-7H,3-5H2,1-2H3/t6?,7-/m1/s1. The van der Waals surface area contributed by atoms with E-state index >= 15 is 0 Å². The highest BCUT2D eigenvalue weighted by Crippen LogP contribution is 2.32. The van der Waals surface area contributed by atoms with Crippen LogP contribution in [0, 0.1) is 11.8 Å². The first-order valence-corrected chi connectivity index (χ1v) is 4.91. The maximum Gasteiger partial charge on any atom is 0.192 e. The highest BCUT2D eigenvalue weighted by molar-refractivity contribution is 8.14. The van der Waals surface area contributed by atoms with E-state index < -0.39 is 0 Å². The number of hydrogen-bond donors (Lipinski definition) is 0. The van der Waals surface area contributed by atoms with E-state index in [9.17, 15) is 4.79 Å². The first-order valence-electron chi connectivity index (χ1n) is 3.92. The summed E-state index contributed by atoms with van der Waals surface area (Å²) in [5, 5.41) is 0.425. The molecule has 0 N–H and O–H groups in total. The first-order chi connectivity index (χ1) is 4.75. The normalized spacial score (nSPS) is 29.0. The molecule has 0 radical (unpaired) electrons. The minimum absolute atomic E-state index is 0.370. The van der Waals surface area contributed by atoms with Crippen LogP contribution in [0.5, 0.6) is 0 Å². The average Bonchev–Trinajstić information content (AvgIpc) is 2.34. The third-order valence-corrected chi connectivity index (χ3v) is 3.33. The van der Waals surface area contributed by atoms with Gasteiger partial charge in [-0.15, -0.1) is 0 Å². The van der Waals surface area contributed by atoms with E-state index in [1.54, 1.807) is 0 Å². The van der Waals surface area contributed by atoms with Crippen LogP contribution in [-0.2, 0) is 4.79 Å². The summed E-state index contributed by atoms with van der Waals surface area (Å²) in [7, 11) is 0. The van der Waals surface area contributed by atoms with E-state index in [2.05, 4.69) is 13.8 Å². The zero-order chi connectivity index (χ0) is 7.56. The van der Waals surface area contributed by atoms with Crippen molar-refractivity contribution in [2.45, 2.75) is 26.7 Å². The van der Waals surface area contributed by atoms with Gasteiger partial charge in [0.25, 0.3) is 0 Å². The van der Waals surface area contributed by atoms with Crippen LogP contribution >= 0.6 is 11.8 Å². The van der Waals surface area contributed by atoms with Crippen molar-refractivity contribution in [2.24, 2.45) is 11.8 Å². The lowest BCUT2D eigenvalue weighted by Crippen LogP contribution is -2.13. The molecule has 1 aliphatic heterocycles. The Kier molecular flexibility index (Phi) is 2.78. The molecule has 0 saturated carbocycles. The van der Waals surface area contributed by atoms with Crippen molar-refractivity contribution in [1.29, 1.82) is 0 Å². The number of thioether (sulfide) groups is 1. The fourth-order valence-corrected chi connectivity index (χ4v) is 2.45. The summed E-state index contributed by atoms with van der Waals surface area (Å²) >= 11 is 1.51. The second-order valence-corrected chi connectivity index (χ2v) is 4.05. The summed E-state index contributed by atoms with van der Waals surface area (Å²) < 4.78 is 0. The van der Waals surface area contributed by atoms with E-state index in [1.807, 2.05) is 0 Å². The molecule has 0 aromatic rings. The molecule has 0 bridgehead atoms. The fourth-order valence-electron chi connectivity index (χ4n) is 1.31. The first kappa shape index (κ1) is 8.12. The lowest BCUT2D eigenvalue weighted by molar-refractivity contribution is -0.115. The molecule has 1 aliphatic rings. The van der Waals surface area contributed by atoms with Crippen molar-refractivity contribution < 1.29 is 4.79 Å². The average molecular weight is 158 g/mol. The Hall–Kier alpha value is 0.0200. The van der Waals surface area contributed by atoms with Crippen LogP contribution in [0.25, 0.3) is 0 Å². The van der Waals surface area contributed by atoms with Crippen molar-refractivity contribution in [1.82, 2.24) is 0 Å². The van der Waals surface area contributed by atoms with Gasteiger partial charge < -0.3 is 0 Å². The molecule has 0 aliphatic carbocycles. The maximum atomic E-state index is 11.1. The molecule has 0 spiro atoms. The Bertz CT molecular complexity index is 133. The summed E-state index contributed by atoms with van der Waals surface area (Å²) in [5.74, 6) is 2.02. The van der Waals surface area contributed by atoms with Crippen molar-refractivity contribution >= 4 is 16.9 Å². The van der Waals surface area contributed by atoms with Crippen molar-refractivity contribution in [3.05, 3.63) is 0 Å². The molecule has 0 aromatic heterocycles. The predicted octanol–water partition coefficient (Wildman–Crippen LogP) is 2.31. The van der Waals surface area contributed by atoms with Gasteiger partial charge in [0.1, 0.15) is 0 Å². The molecule has 0 aromatic carbocycles. The van der Waals surface area contributed by atoms with Gasteiger partial charge >= 0.3 is 0 Å². The topological polar surface area (TPSA) is 17.1 Å². The third-order valence-electron chi connectivity index (χ3n) is 2.31. The number of carbonyl (C=O) groups is 1. The van der Waals surface area contributed by atoms with E-state index in [-0.39, 0.29) is 0 Å². The van der Waals surface area contributed by atoms with Crippen LogP contribution in [0.3, 0.4) is 0 Å². The second-order valence-electron chi connectivity index (χ2n) is 2.95. The van der Waals surface area contributed by atoms with E-state index in [1.165, 1.54) is 11.8 Å². The van der Waals surface area contributed by atoms with E-state index in [0.29, 0.717) is 17.0 Å². The van der Waals surface area contributed by atoms with Gasteiger partial charge in [-0.3, -0.25) is 4.79 Å². The SMILES string of the molecule is CCC(C)[C@H]1CCSC1=O. The van der Waals surface area contributed by atoms with Gasteiger partial charge in [0.15, 0.2) is 5.12 Å². The zero-order valence-corrected chi connectivity index (χ0v) is 7.41. The van der Waals surface area contributed by atoms with Gasteiger partial charge in [0.05, 0.1) is 0 Å². The molecule has 0 amide bonds. The molecule has 10 heavy (non-hydrogen) atoms. The zero-order valence-electron chi connectivity index (χ0n) is 6.59. The summed E-state index contributed by atoms with van der Waals surface area (Å²) in [6.45, 7) is 4.33. The maximum absolute atomic E-state index is 11.1. The Morgan fingerprint density at radius 3 is 2.90 bits per heavy atom. The number of rotatable bonds is 2. The molecule has 2 heteroatoms. The lowest BCUT2D eigenvalue weighted by Gasteiger charge is -2.13. The Labute approximate surface area is 66.6 Å². The van der Waals surface area contributed by atoms with Gasteiger partial charge in [0, 0.05) is 11.7 Å². The van der Waals surface area contributed by atoms with Crippen molar-refractivity contribution in [3.8, 4) is 0 Å². The van der Waals surface area contributed by atoms with Crippen LogP contribution in [0.4, 0.5) is 0 Å². The number of carbonyl (C=O) groups excluding carboxylic acids is 1. The number of hydrogen-bond acceptors (Lipinski definition) is 2. The summed E-state index contributed by atoms with van der Waals surface area (Å²) in [4.78, 5) is 11.1. The smallest absolute Gasteiger partial charge is 0.192 e. The second kappa shape index (κ2) is 3.42. The molecule has 2 atom stereocenters. The third kappa shape index (κ3) is 1.54. The van der Waals surface area contributed by atoms with Crippen LogP contribution in [-0.4, -0.2) is 10.9 Å². The predicted molar refractivity (Wildman–Crippen MR) is 45.0 cm³/mol. The summed E-state index contributed by atoms with van der Waals surface area (Å²) in [5.41, 5.74) is 0. The van der Waals surface area contributed by atoms with Crippen LogP contribution in [0.15, 0.2) is 0 Å². The Morgan fingerprint density at radius 2 is 2.50 bits per heavy atom. The highest BCUT2D eigenvalue weighted by atomic mass is 32.2. The summed E-state index contributed by atoms with van der Waals surface area (Å²) in [6.07, 6.45) is 2.25. The molecule has 1 nitrogen and oxygen atoms in total. The van der Waals surface area contributed by atoms with Gasteiger partial charge in [0.2, 0.25) is 0 Å². The van der Waals surface area contributed by atoms with Crippen LogP contribution < -0.4 is 0 Å². The lowest BCUT2D eigenvalue weighted by atomic mass is 9.91. The fraction of sp³-hybridized carbons (Fsp3) is 0.875.